The van der Waals surface area contributed by atoms with Crippen LogP contribution in [-0.2, 0) is 6.54 Å². The Kier molecular flexibility index (Phi) is 5.69. The molecule has 1 N–H and O–H groups in total. The molecule has 2 nitrogen and oxygen atoms in total. The number of hydrogen-bond donors (Lipinski definition) is 1. The van der Waals surface area contributed by atoms with E-state index in [0.29, 0.717) is 5.41 Å². The van der Waals surface area contributed by atoms with Crippen LogP contribution >= 0.6 is 24.2 Å². The standard InChI is InChI=1S/C15H19F3N2S.ClH/c16-15(17,18)21-13-3-1-12(2-4-13)9-20-8-6-14(11-20)5-7-19-10-14;/h1-4,19H,5-11H2;1H. The third-order valence-corrected chi connectivity index (χ3v) is 5.15. The van der Waals surface area contributed by atoms with Crippen molar-refractivity contribution in [2.45, 2.75) is 29.8 Å². The highest BCUT2D eigenvalue weighted by atomic mass is 35.5. The lowest BCUT2D eigenvalue weighted by atomic mass is 9.87. The molecule has 0 aliphatic carbocycles. The molecule has 0 saturated carbocycles. The van der Waals surface area contributed by atoms with Crippen LogP contribution in [0.1, 0.15) is 18.4 Å². The number of halogens is 4. The SMILES string of the molecule is Cl.FC(F)(F)Sc1ccc(CN2CCC3(CCNC3)C2)cc1. The van der Waals surface area contributed by atoms with E-state index in [1.807, 2.05) is 12.1 Å². The zero-order valence-electron chi connectivity index (χ0n) is 12.2. The number of nitrogens with zero attached hydrogens (tertiary/aromatic N) is 1. The third-order valence-electron chi connectivity index (χ3n) is 4.41. The van der Waals surface area contributed by atoms with Crippen molar-refractivity contribution in [3.8, 4) is 0 Å². The van der Waals surface area contributed by atoms with Gasteiger partial charge in [-0.15, -0.1) is 12.4 Å². The van der Waals surface area contributed by atoms with Gasteiger partial charge in [-0.2, -0.15) is 13.2 Å². The minimum Gasteiger partial charge on any atom is -0.316 e. The van der Waals surface area contributed by atoms with Gasteiger partial charge in [-0.25, -0.2) is 0 Å². The molecule has 2 aliphatic rings. The Morgan fingerprint density at radius 3 is 2.50 bits per heavy atom. The maximum Gasteiger partial charge on any atom is 0.446 e. The molecule has 0 aromatic heterocycles. The van der Waals surface area contributed by atoms with E-state index in [9.17, 15) is 13.2 Å². The van der Waals surface area contributed by atoms with Crippen molar-refractivity contribution in [2.24, 2.45) is 5.41 Å². The van der Waals surface area contributed by atoms with Gasteiger partial charge in [0.15, 0.2) is 0 Å². The molecule has 3 rings (SSSR count). The molecular formula is C15H20ClF3N2S. The normalized spacial score (nSPS) is 25.6. The molecule has 1 spiro atoms. The number of hydrogen-bond acceptors (Lipinski definition) is 3. The summed E-state index contributed by atoms with van der Waals surface area (Å²) in [7, 11) is 0. The molecule has 1 atom stereocenters. The molecule has 1 aromatic carbocycles. The molecule has 2 fully saturated rings. The Balaban J connectivity index is 0.00000176. The van der Waals surface area contributed by atoms with Crippen LogP contribution in [0.15, 0.2) is 29.2 Å². The first-order chi connectivity index (χ1) is 9.94. The first kappa shape index (κ1) is 17.9. The lowest BCUT2D eigenvalue weighted by Gasteiger charge is -2.22. The molecule has 1 aromatic rings. The zero-order valence-corrected chi connectivity index (χ0v) is 13.8. The molecular weight excluding hydrogens is 333 g/mol. The van der Waals surface area contributed by atoms with Gasteiger partial charge in [-0.3, -0.25) is 4.90 Å². The van der Waals surface area contributed by atoms with Crippen molar-refractivity contribution < 1.29 is 13.2 Å². The highest BCUT2D eigenvalue weighted by Gasteiger charge is 2.40. The fourth-order valence-corrected chi connectivity index (χ4v) is 3.90. The van der Waals surface area contributed by atoms with E-state index in [0.717, 1.165) is 38.3 Å². The van der Waals surface area contributed by atoms with Crippen molar-refractivity contribution in [3.63, 3.8) is 0 Å². The summed E-state index contributed by atoms with van der Waals surface area (Å²) in [5, 5.41) is 3.43. The molecule has 7 heteroatoms. The van der Waals surface area contributed by atoms with E-state index in [1.54, 1.807) is 12.1 Å². The molecule has 22 heavy (non-hydrogen) atoms. The largest absolute Gasteiger partial charge is 0.446 e. The molecule has 1 unspecified atom stereocenters. The van der Waals surface area contributed by atoms with E-state index >= 15 is 0 Å². The molecule has 0 radical (unpaired) electrons. The average Bonchev–Trinajstić information content (AvgIpc) is 3.01. The summed E-state index contributed by atoms with van der Waals surface area (Å²) in [4.78, 5) is 2.67. The highest BCUT2D eigenvalue weighted by molar-refractivity contribution is 8.00. The molecule has 0 bridgehead atoms. The fourth-order valence-electron chi connectivity index (χ4n) is 3.36. The van der Waals surface area contributed by atoms with Crippen LogP contribution in [0.4, 0.5) is 13.2 Å². The quantitative estimate of drug-likeness (QED) is 0.830. The first-order valence-corrected chi connectivity index (χ1v) is 8.04. The van der Waals surface area contributed by atoms with Crippen LogP contribution in [0, 0.1) is 5.41 Å². The average molecular weight is 353 g/mol. The Morgan fingerprint density at radius 1 is 1.18 bits per heavy atom. The third kappa shape index (κ3) is 4.54. The van der Waals surface area contributed by atoms with E-state index in [-0.39, 0.29) is 29.1 Å². The van der Waals surface area contributed by atoms with E-state index < -0.39 is 5.51 Å². The van der Waals surface area contributed by atoms with Gasteiger partial charge in [0.25, 0.3) is 0 Å². The first-order valence-electron chi connectivity index (χ1n) is 7.22. The smallest absolute Gasteiger partial charge is 0.316 e. The van der Waals surface area contributed by atoms with E-state index in [4.69, 9.17) is 0 Å². The van der Waals surface area contributed by atoms with Crippen molar-refractivity contribution in [1.82, 2.24) is 10.2 Å². The topological polar surface area (TPSA) is 15.3 Å². The van der Waals surface area contributed by atoms with E-state index in [1.165, 1.54) is 12.8 Å². The molecule has 2 saturated heterocycles. The van der Waals surface area contributed by atoms with Gasteiger partial charge in [0.2, 0.25) is 0 Å². The molecule has 2 heterocycles. The number of likely N-dealkylation sites (tertiary alicyclic amines) is 1. The fraction of sp³-hybridized carbons (Fsp3) is 0.600. The summed E-state index contributed by atoms with van der Waals surface area (Å²) < 4.78 is 36.9. The second-order valence-corrected chi connectivity index (χ2v) is 7.22. The van der Waals surface area contributed by atoms with Crippen LogP contribution in [0.25, 0.3) is 0 Å². The number of thioether (sulfide) groups is 1. The maximum absolute atomic E-state index is 12.3. The van der Waals surface area contributed by atoms with Crippen LogP contribution in [-0.4, -0.2) is 36.6 Å². The van der Waals surface area contributed by atoms with Crippen LogP contribution < -0.4 is 5.32 Å². The lowest BCUT2D eigenvalue weighted by Crippen LogP contribution is -2.28. The van der Waals surface area contributed by atoms with Crippen LogP contribution in [0.3, 0.4) is 0 Å². The van der Waals surface area contributed by atoms with Gasteiger partial charge in [0.1, 0.15) is 0 Å². The summed E-state index contributed by atoms with van der Waals surface area (Å²) in [5.41, 5.74) is -2.69. The molecule has 0 amide bonds. The predicted molar refractivity (Wildman–Crippen MR) is 85.4 cm³/mol. The van der Waals surface area contributed by atoms with Gasteiger partial charge >= 0.3 is 5.51 Å². The number of nitrogens with one attached hydrogen (secondary N) is 1. The summed E-state index contributed by atoms with van der Waals surface area (Å²) in [5.74, 6) is 0. The summed E-state index contributed by atoms with van der Waals surface area (Å²) in [6.07, 6.45) is 2.46. The molecule has 2 aliphatic heterocycles. The van der Waals surface area contributed by atoms with Crippen LogP contribution in [0.5, 0.6) is 0 Å². The monoisotopic (exact) mass is 352 g/mol. The highest BCUT2D eigenvalue weighted by Crippen LogP contribution is 2.38. The van der Waals surface area contributed by atoms with Gasteiger partial charge in [0, 0.05) is 24.5 Å². The zero-order chi connectivity index (χ0) is 14.9. The van der Waals surface area contributed by atoms with Crippen molar-refractivity contribution in [2.75, 3.05) is 26.2 Å². The van der Waals surface area contributed by atoms with Crippen LogP contribution in [0.2, 0.25) is 0 Å². The maximum atomic E-state index is 12.3. The van der Waals surface area contributed by atoms with Gasteiger partial charge in [-0.05, 0) is 60.8 Å². The van der Waals surface area contributed by atoms with Gasteiger partial charge in [0.05, 0.1) is 0 Å². The number of alkyl halides is 3. The summed E-state index contributed by atoms with van der Waals surface area (Å²) >= 11 is -0.0544. The second-order valence-electron chi connectivity index (χ2n) is 6.08. The van der Waals surface area contributed by atoms with Gasteiger partial charge in [-0.1, -0.05) is 12.1 Å². The Bertz CT molecular complexity index is 487. The lowest BCUT2D eigenvalue weighted by molar-refractivity contribution is -0.0328. The number of rotatable bonds is 3. The van der Waals surface area contributed by atoms with Crippen molar-refractivity contribution in [3.05, 3.63) is 29.8 Å². The van der Waals surface area contributed by atoms with Crippen molar-refractivity contribution in [1.29, 1.82) is 0 Å². The Hall–Kier alpha value is -0.430. The predicted octanol–water partition coefficient (Wildman–Crippen LogP) is 3.91. The van der Waals surface area contributed by atoms with Gasteiger partial charge < -0.3 is 5.32 Å². The molecule has 124 valence electrons. The second kappa shape index (κ2) is 6.99. The minimum absolute atomic E-state index is 0. The minimum atomic E-state index is -4.21. The number of benzene rings is 1. The van der Waals surface area contributed by atoms with E-state index in [2.05, 4.69) is 10.2 Å². The Morgan fingerprint density at radius 2 is 1.91 bits per heavy atom. The summed E-state index contributed by atoms with van der Waals surface area (Å²) in [6.45, 7) is 5.22. The Labute approximate surface area is 139 Å². The van der Waals surface area contributed by atoms with Crippen molar-refractivity contribution >= 4 is 24.2 Å². The summed E-state index contributed by atoms with van der Waals surface area (Å²) in [6, 6.07) is 6.75.